The fourth-order valence-corrected chi connectivity index (χ4v) is 1.40. The average Bonchev–Trinajstić information content (AvgIpc) is 2.28. The Hall–Kier alpha value is -1.10. The third kappa shape index (κ3) is 4.00. The van der Waals surface area contributed by atoms with Crippen molar-refractivity contribution in [3.63, 3.8) is 0 Å². The Labute approximate surface area is 106 Å². The highest BCUT2D eigenvalue weighted by molar-refractivity contribution is 6.31. The van der Waals surface area contributed by atoms with E-state index in [4.69, 9.17) is 17.3 Å². The molecule has 0 spiro atoms. The molecule has 2 unspecified atom stereocenters. The number of amides is 1. The number of aliphatic hydroxyl groups is 1. The second-order valence-electron chi connectivity index (χ2n) is 4.08. The molecule has 0 fully saturated rings. The van der Waals surface area contributed by atoms with Crippen molar-refractivity contribution >= 4 is 17.5 Å². The predicted molar refractivity (Wildman–Crippen MR) is 68.2 cm³/mol. The summed E-state index contributed by atoms with van der Waals surface area (Å²) in [6, 6.07) is 4.62. The monoisotopic (exact) mass is 256 g/mol. The van der Waals surface area contributed by atoms with Gasteiger partial charge in [0.1, 0.15) is 0 Å². The fourth-order valence-electron chi connectivity index (χ4n) is 1.22. The van der Waals surface area contributed by atoms with E-state index in [0.29, 0.717) is 10.6 Å². The lowest BCUT2D eigenvalue weighted by Gasteiger charge is -2.15. The normalized spacial score (nSPS) is 14.2. The van der Waals surface area contributed by atoms with Crippen molar-refractivity contribution in [2.45, 2.75) is 26.0 Å². The quantitative estimate of drug-likeness (QED) is 0.755. The third-order valence-electron chi connectivity index (χ3n) is 2.55. The first-order valence-corrected chi connectivity index (χ1v) is 5.77. The van der Waals surface area contributed by atoms with Crippen molar-refractivity contribution < 1.29 is 9.90 Å². The minimum Gasteiger partial charge on any atom is -0.392 e. The molecule has 4 nitrogen and oxygen atoms in total. The maximum Gasteiger partial charge on any atom is 0.251 e. The molecule has 1 amide bonds. The molecule has 0 aromatic heterocycles. The third-order valence-corrected chi connectivity index (χ3v) is 2.96. The van der Waals surface area contributed by atoms with Gasteiger partial charge in [0.2, 0.25) is 0 Å². The van der Waals surface area contributed by atoms with Crippen molar-refractivity contribution in [2.24, 2.45) is 5.73 Å². The molecular weight excluding hydrogens is 240 g/mol. The summed E-state index contributed by atoms with van der Waals surface area (Å²) in [7, 11) is 0. The largest absolute Gasteiger partial charge is 0.392 e. The first kappa shape index (κ1) is 14.0. The molecule has 5 heteroatoms. The van der Waals surface area contributed by atoms with Crippen molar-refractivity contribution in [1.29, 1.82) is 0 Å². The van der Waals surface area contributed by atoms with Crippen LogP contribution in [0.1, 0.15) is 22.8 Å². The van der Waals surface area contributed by atoms with Gasteiger partial charge in [-0.3, -0.25) is 4.79 Å². The highest BCUT2D eigenvalue weighted by Crippen LogP contribution is 2.16. The van der Waals surface area contributed by atoms with E-state index in [1.165, 1.54) is 0 Å². The molecule has 0 bridgehead atoms. The Morgan fingerprint density at radius 2 is 2.24 bits per heavy atom. The minimum absolute atomic E-state index is 0.224. The number of nitrogens with two attached hydrogens (primary N) is 1. The van der Waals surface area contributed by atoms with E-state index >= 15 is 0 Å². The Kier molecular flexibility index (Phi) is 4.93. The van der Waals surface area contributed by atoms with Gasteiger partial charge in [0.05, 0.1) is 6.10 Å². The molecule has 0 aliphatic rings. The number of carbonyl (C=O) groups is 1. The summed E-state index contributed by atoms with van der Waals surface area (Å²) in [5, 5.41) is 12.4. The number of rotatable bonds is 4. The van der Waals surface area contributed by atoms with Crippen LogP contribution >= 0.6 is 11.6 Å². The molecule has 0 saturated carbocycles. The van der Waals surface area contributed by atoms with E-state index in [1.807, 2.05) is 6.92 Å². The molecule has 0 saturated heterocycles. The molecule has 1 aromatic carbocycles. The van der Waals surface area contributed by atoms with E-state index in [1.54, 1.807) is 25.1 Å². The minimum atomic E-state index is -0.656. The SMILES string of the molecule is Cc1ccc(C(=O)NCC(N)C(C)O)cc1Cl. The Bertz CT molecular complexity index is 407. The molecule has 4 N–H and O–H groups in total. The number of hydrogen-bond acceptors (Lipinski definition) is 3. The van der Waals surface area contributed by atoms with Crippen LogP contribution in [0.3, 0.4) is 0 Å². The smallest absolute Gasteiger partial charge is 0.251 e. The van der Waals surface area contributed by atoms with Gasteiger partial charge in [-0.25, -0.2) is 0 Å². The van der Waals surface area contributed by atoms with E-state index in [9.17, 15) is 9.90 Å². The van der Waals surface area contributed by atoms with Crippen molar-refractivity contribution in [3.8, 4) is 0 Å². The Morgan fingerprint density at radius 1 is 1.59 bits per heavy atom. The van der Waals surface area contributed by atoms with Crippen LogP contribution in [0.4, 0.5) is 0 Å². The average molecular weight is 257 g/mol. The molecule has 1 rings (SSSR count). The van der Waals surface area contributed by atoms with Crippen LogP contribution in [-0.4, -0.2) is 29.7 Å². The van der Waals surface area contributed by atoms with Crippen molar-refractivity contribution in [2.75, 3.05) is 6.54 Å². The molecule has 17 heavy (non-hydrogen) atoms. The lowest BCUT2D eigenvalue weighted by molar-refractivity contribution is 0.0937. The van der Waals surface area contributed by atoms with Crippen LogP contribution < -0.4 is 11.1 Å². The van der Waals surface area contributed by atoms with Gasteiger partial charge in [-0.15, -0.1) is 0 Å². The van der Waals surface area contributed by atoms with Gasteiger partial charge in [0, 0.05) is 23.2 Å². The maximum absolute atomic E-state index is 11.7. The molecule has 94 valence electrons. The number of aryl methyl sites for hydroxylation is 1. The van der Waals surface area contributed by atoms with Crippen molar-refractivity contribution in [3.05, 3.63) is 34.3 Å². The first-order valence-electron chi connectivity index (χ1n) is 5.40. The van der Waals surface area contributed by atoms with Gasteiger partial charge >= 0.3 is 0 Å². The molecule has 2 atom stereocenters. The highest BCUT2D eigenvalue weighted by atomic mass is 35.5. The van der Waals surface area contributed by atoms with Gasteiger partial charge < -0.3 is 16.2 Å². The zero-order valence-corrected chi connectivity index (χ0v) is 10.7. The topological polar surface area (TPSA) is 75.4 Å². The fraction of sp³-hybridized carbons (Fsp3) is 0.417. The summed E-state index contributed by atoms with van der Waals surface area (Å²) >= 11 is 5.93. The van der Waals surface area contributed by atoms with Gasteiger partial charge in [0.25, 0.3) is 5.91 Å². The maximum atomic E-state index is 11.7. The van der Waals surface area contributed by atoms with E-state index in [-0.39, 0.29) is 12.5 Å². The number of hydrogen-bond donors (Lipinski definition) is 3. The summed E-state index contributed by atoms with van der Waals surface area (Å²) in [6.45, 7) is 3.68. The number of aliphatic hydroxyl groups excluding tert-OH is 1. The standard InChI is InChI=1S/C12H17ClN2O2/c1-7-3-4-9(5-10(7)13)12(17)15-6-11(14)8(2)16/h3-5,8,11,16H,6,14H2,1-2H3,(H,15,17). The van der Waals surface area contributed by atoms with Crippen LogP contribution in [0.15, 0.2) is 18.2 Å². The molecular formula is C12H17ClN2O2. The molecule has 0 radical (unpaired) electrons. The number of nitrogens with one attached hydrogen (secondary N) is 1. The Morgan fingerprint density at radius 3 is 2.76 bits per heavy atom. The van der Waals surface area contributed by atoms with Gasteiger partial charge in [0.15, 0.2) is 0 Å². The van der Waals surface area contributed by atoms with Crippen molar-refractivity contribution in [1.82, 2.24) is 5.32 Å². The molecule has 0 aliphatic heterocycles. The zero-order valence-electron chi connectivity index (χ0n) is 9.90. The predicted octanol–water partition coefficient (Wildman–Crippen LogP) is 1.09. The number of benzene rings is 1. The first-order chi connectivity index (χ1) is 7.91. The van der Waals surface area contributed by atoms with E-state index in [2.05, 4.69) is 5.32 Å². The second-order valence-corrected chi connectivity index (χ2v) is 4.49. The van der Waals surface area contributed by atoms with Gasteiger partial charge in [-0.2, -0.15) is 0 Å². The summed E-state index contributed by atoms with van der Waals surface area (Å²) in [4.78, 5) is 11.7. The number of carbonyl (C=O) groups excluding carboxylic acids is 1. The lowest BCUT2D eigenvalue weighted by atomic mass is 10.1. The van der Waals surface area contributed by atoms with Crippen LogP contribution in [0.25, 0.3) is 0 Å². The summed E-state index contributed by atoms with van der Waals surface area (Å²) < 4.78 is 0. The van der Waals surface area contributed by atoms with Crippen LogP contribution in [0.5, 0.6) is 0 Å². The molecule has 0 heterocycles. The second kappa shape index (κ2) is 6.00. The molecule has 0 aliphatic carbocycles. The summed E-state index contributed by atoms with van der Waals surface area (Å²) in [6.07, 6.45) is -0.656. The van der Waals surface area contributed by atoms with Crippen LogP contribution in [-0.2, 0) is 0 Å². The lowest BCUT2D eigenvalue weighted by Crippen LogP contribution is -2.43. The summed E-state index contributed by atoms with van der Waals surface area (Å²) in [5.41, 5.74) is 7.01. The highest BCUT2D eigenvalue weighted by Gasteiger charge is 2.12. The van der Waals surface area contributed by atoms with Crippen LogP contribution in [0, 0.1) is 6.92 Å². The summed E-state index contributed by atoms with van der Waals surface area (Å²) in [5.74, 6) is -0.247. The number of halogens is 1. The Balaban J connectivity index is 2.61. The zero-order chi connectivity index (χ0) is 13.0. The van der Waals surface area contributed by atoms with E-state index < -0.39 is 12.1 Å². The molecule has 1 aromatic rings. The van der Waals surface area contributed by atoms with Crippen LogP contribution in [0.2, 0.25) is 5.02 Å². The van der Waals surface area contributed by atoms with Gasteiger partial charge in [-0.05, 0) is 31.5 Å². The van der Waals surface area contributed by atoms with E-state index in [0.717, 1.165) is 5.56 Å². The van der Waals surface area contributed by atoms with Gasteiger partial charge in [-0.1, -0.05) is 17.7 Å².